The van der Waals surface area contributed by atoms with Crippen molar-refractivity contribution in [2.45, 2.75) is 32.5 Å². The summed E-state index contributed by atoms with van der Waals surface area (Å²) in [5, 5.41) is 11.1. The third-order valence-corrected chi connectivity index (χ3v) is 3.49. The Kier molecular flexibility index (Phi) is 9.41. The van der Waals surface area contributed by atoms with Crippen LogP contribution in [0, 0.1) is 0 Å². The molecule has 0 bridgehead atoms. The first kappa shape index (κ1) is 25.1. The third kappa shape index (κ3) is 9.99. The van der Waals surface area contributed by atoms with E-state index in [2.05, 4.69) is 26.3 Å². The van der Waals surface area contributed by atoms with E-state index in [4.69, 9.17) is 4.74 Å². The van der Waals surface area contributed by atoms with Crippen molar-refractivity contribution in [3.63, 3.8) is 0 Å². The van der Waals surface area contributed by atoms with Gasteiger partial charge in [-0.2, -0.15) is 13.2 Å². The Morgan fingerprint density at radius 2 is 1.40 bits per heavy atom. The fourth-order valence-electron chi connectivity index (χ4n) is 2.15. The van der Waals surface area contributed by atoms with Crippen LogP contribution in [0.3, 0.4) is 0 Å². The molecule has 1 rings (SSSR count). The number of guanidine groups is 1. The average Bonchev–Trinajstić information content (AvgIpc) is 2.64. The molecule has 0 aromatic heterocycles. The van der Waals surface area contributed by atoms with Crippen LogP contribution in [0.15, 0.2) is 29.3 Å². The van der Waals surface area contributed by atoms with Crippen molar-refractivity contribution in [2.75, 3.05) is 33.2 Å². The first-order chi connectivity index (χ1) is 13.9. The van der Waals surface area contributed by atoms with Crippen LogP contribution in [0.2, 0.25) is 0 Å². The lowest BCUT2D eigenvalue weighted by atomic mass is 10.1. The summed E-state index contributed by atoms with van der Waals surface area (Å²) in [7, 11) is 1.57. The largest absolute Gasteiger partial charge is 0.444 e. The van der Waals surface area contributed by atoms with Gasteiger partial charge in [-0.3, -0.25) is 9.79 Å². The van der Waals surface area contributed by atoms with E-state index in [-0.39, 0.29) is 12.1 Å². The summed E-state index contributed by atoms with van der Waals surface area (Å²) in [5.74, 6) is -0.0141. The van der Waals surface area contributed by atoms with E-state index in [1.54, 1.807) is 27.8 Å². The van der Waals surface area contributed by atoms with E-state index in [0.717, 1.165) is 24.3 Å². The lowest BCUT2D eigenvalue weighted by molar-refractivity contribution is -0.137. The Labute approximate surface area is 173 Å². The van der Waals surface area contributed by atoms with Crippen LogP contribution in [0.4, 0.5) is 18.0 Å². The molecule has 0 atom stereocenters. The van der Waals surface area contributed by atoms with E-state index < -0.39 is 29.3 Å². The van der Waals surface area contributed by atoms with Crippen LogP contribution < -0.4 is 21.3 Å². The number of amides is 2. The van der Waals surface area contributed by atoms with E-state index in [9.17, 15) is 22.8 Å². The number of hydrogen-bond donors (Lipinski definition) is 4. The van der Waals surface area contributed by atoms with Gasteiger partial charge in [0.05, 0.1) is 5.56 Å². The second kappa shape index (κ2) is 11.3. The second-order valence-electron chi connectivity index (χ2n) is 7.19. The van der Waals surface area contributed by atoms with Gasteiger partial charge in [0.25, 0.3) is 5.91 Å². The zero-order valence-corrected chi connectivity index (χ0v) is 17.4. The highest BCUT2D eigenvalue weighted by Crippen LogP contribution is 2.29. The van der Waals surface area contributed by atoms with Crippen molar-refractivity contribution < 1.29 is 27.5 Å². The number of alkyl carbamates (subject to hydrolysis) is 1. The number of aliphatic imine (C=N–C) groups is 1. The third-order valence-electron chi connectivity index (χ3n) is 3.49. The van der Waals surface area contributed by atoms with Gasteiger partial charge >= 0.3 is 12.3 Å². The van der Waals surface area contributed by atoms with Crippen molar-refractivity contribution in [1.82, 2.24) is 21.3 Å². The molecule has 0 saturated carbocycles. The number of ether oxygens (including phenoxy) is 1. The Hall–Kier alpha value is -2.98. The number of hydrogen-bond acceptors (Lipinski definition) is 4. The highest BCUT2D eigenvalue weighted by molar-refractivity contribution is 5.94. The molecule has 0 radical (unpaired) electrons. The average molecular weight is 431 g/mol. The van der Waals surface area contributed by atoms with Crippen LogP contribution in [-0.4, -0.2) is 56.8 Å². The zero-order valence-electron chi connectivity index (χ0n) is 17.4. The Balaban J connectivity index is 2.27. The van der Waals surface area contributed by atoms with E-state index >= 15 is 0 Å². The molecule has 168 valence electrons. The molecule has 8 nitrogen and oxygen atoms in total. The van der Waals surface area contributed by atoms with Gasteiger partial charge in [-0.05, 0) is 45.0 Å². The van der Waals surface area contributed by atoms with Crippen molar-refractivity contribution in [3.8, 4) is 0 Å². The molecule has 2 amide bonds. The molecule has 0 fully saturated rings. The Morgan fingerprint density at radius 3 is 1.87 bits per heavy atom. The lowest BCUT2D eigenvalue weighted by Gasteiger charge is -2.20. The van der Waals surface area contributed by atoms with Crippen LogP contribution in [-0.2, 0) is 10.9 Å². The number of halogens is 3. The number of carbonyl (C=O) groups is 2. The van der Waals surface area contributed by atoms with E-state index in [1.165, 1.54) is 0 Å². The second-order valence-corrected chi connectivity index (χ2v) is 7.19. The van der Waals surface area contributed by atoms with Gasteiger partial charge in [0.2, 0.25) is 0 Å². The van der Waals surface area contributed by atoms with Crippen LogP contribution >= 0.6 is 0 Å². The summed E-state index contributed by atoms with van der Waals surface area (Å²) >= 11 is 0. The summed E-state index contributed by atoms with van der Waals surface area (Å²) in [6, 6.07) is 3.99. The van der Waals surface area contributed by atoms with Crippen LogP contribution in [0.5, 0.6) is 0 Å². The Morgan fingerprint density at radius 1 is 0.900 bits per heavy atom. The highest BCUT2D eigenvalue weighted by atomic mass is 19.4. The van der Waals surface area contributed by atoms with Crippen molar-refractivity contribution in [1.29, 1.82) is 0 Å². The van der Waals surface area contributed by atoms with Gasteiger partial charge in [0.1, 0.15) is 5.60 Å². The minimum absolute atomic E-state index is 0.138. The molecular formula is C19H28F3N5O3. The number of carbonyl (C=O) groups excluding carboxylic acids is 2. The maximum absolute atomic E-state index is 12.5. The zero-order chi connectivity index (χ0) is 22.8. The first-order valence-corrected chi connectivity index (χ1v) is 9.29. The molecule has 0 spiro atoms. The molecule has 1 aromatic rings. The van der Waals surface area contributed by atoms with Gasteiger partial charge < -0.3 is 26.0 Å². The van der Waals surface area contributed by atoms with Gasteiger partial charge in [-0.25, -0.2) is 4.79 Å². The van der Waals surface area contributed by atoms with Gasteiger partial charge in [-0.1, -0.05) is 0 Å². The number of benzene rings is 1. The molecule has 1 aromatic carbocycles. The fraction of sp³-hybridized carbons (Fsp3) is 0.526. The standard InChI is InChI=1S/C19H28F3N5O3/c1-18(2,3)30-17(29)27-12-11-26-16(23-4)25-10-9-24-15(28)13-5-7-14(8-6-13)19(20,21)22/h5-8H,9-12H2,1-4H3,(H,24,28)(H,27,29)(H2,23,25,26). The molecule has 0 aliphatic rings. The number of rotatable bonds is 7. The summed E-state index contributed by atoms with van der Waals surface area (Å²) in [5.41, 5.74) is -1.24. The number of nitrogens with one attached hydrogen (secondary N) is 4. The minimum atomic E-state index is -4.44. The minimum Gasteiger partial charge on any atom is -0.444 e. The predicted molar refractivity (Wildman–Crippen MR) is 107 cm³/mol. The molecule has 0 heterocycles. The molecule has 0 unspecified atom stereocenters. The van der Waals surface area contributed by atoms with Crippen molar-refractivity contribution in [2.24, 2.45) is 4.99 Å². The normalized spacial score (nSPS) is 12.2. The highest BCUT2D eigenvalue weighted by Gasteiger charge is 2.30. The fourth-order valence-corrected chi connectivity index (χ4v) is 2.15. The molecule has 0 saturated heterocycles. The molecule has 0 aliphatic carbocycles. The van der Waals surface area contributed by atoms with Gasteiger partial charge in [-0.15, -0.1) is 0 Å². The van der Waals surface area contributed by atoms with Gasteiger partial charge in [0, 0.05) is 38.8 Å². The lowest BCUT2D eigenvalue weighted by Crippen LogP contribution is -2.44. The SMILES string of the molecule is CN=C(NCCNC(=O)OC(C)(C)C)NCCNC(=O)c1ccc(C(F)(F)F)cc1. The van der Waals surface area contributed by atoms with Gasteiger partial charge in [0.15, 0.2) is 5.96 Å². The maximum Gasteiger partial charge on any atom is 0.416 e. The van der Waals surface area contributed by atoms with E-state index in [1.807, 2.05) is 0 Å². The molecule has 11 heteroatoms. The van der Waals surface area contributed by atoms with E-state index in [0.29, 0.717) is 25.6 Å². The topological polar surface area (TPSA) is 104 Å². The molecular weight excluding hydrogens is 403 g/mol. The first-order valence-electron chi connectivity index (χ1n) is 9.29. The summed E-state index contributed by atoms with van der Waals surface area (Å²) in [6.07, 6.45) is -4.96. The monoisotopic (exact) mass is 431 g/mol. The van der Waals surface area contributed by atoms with Crippen LogP contribution in [0.1, 0.15) is 36.7 Å². The van der Waals surface area contributed by atoms with Crippen molar-refractivity contribution >= 4 is 18.0 Å². The number of alkyl halides is 3. The Bertz CT molecular complexity index is 728. The number of nitrogens with zero attached hydrogens (tertiary/aromatic N) is 1. The summed E-state index contributed by atoms with van der Waals surface area (Å²) < 4.78 is 42.7. The quantitative estimate of drug-likeness (QED) is 0.301. The summed E-state index contributed by atoms with van der Waals surface area (Å²) in [6.45, 7) is 6.60. The maximum atomic E-state index is 12.5. The van der Waals surface area contributed by atoms with Crippen LogP contribution in [0.25, 0.3) is 0 Å². The molecule has 30 heavy (non-hydrogen) atoms. The molecule has 0 aliphatic heterocycles. The molecule has 4 N–H and O–H groups in total. The van der Waals surface area contributed by atoms with Crippen molar-refractivity contribution in [3.05, 3.63) is 35.4 Å². The predicted octanol–water partition coefficient (Wildman–Crippen LogP) is 2.12. The smallest absolute Gasteiger partial charge is 0.416 e. The summed E-state index contributed by atoms with van der Waals surface area (Å²) in [4.78, 5) is 27.5.